The smallest absolute Gasteiger partial charge is 0.127 e. The van der Waals surface area contributed by atoms with E-state index >= 15 is 0 Å². The molecule has 0 radical (unpaired) electrons. The third-order valence-corrected chi connectivity index (χ3v) is 3.97. The van der Waals surface area contributed by atoms with E-state index in [9.17, 15) is 0 Å². The molecule has 5 nitrogen and oxygen atoms in total. The van der Waals surface area contributed by atoms with Gasteiger partial charge in [-0.05, 0) is 49.0 Å². The van der Waals surface area contributed by atoms with Crippen LogP contribution in [0.2, 0.25) is 0 Å². The normalized spacial score (nSPS) is 10.9. The Morgan fingerprint density at radius 3 is 2.64 bits per heavy atom. The number of pyridine rings is 1. The SMILES string of the molecule is COc1ccc(OC)c(-c2cncc(CN(C)Cc3ccco3)c2)c1. The van der Waals surface area contributed by atoms with Crippen molar-refractivity contribution in [1.29, 1.82) is 0 Å². The molecule has 2 aromatic heterocycles. The van der Waals surface area contributed by atoms with Crippen LogP contribution in [0.25, 0.3) is 11.1 Å². The summed E-state index contributed by atoms with van der Waals surface area (Å²) in [6.45, 7) is 1.52. The summed E-state index contributed by atoms with van der Waals surface area (Å²) in [5, 5.41) is 0. The maximum Gasteiger partial charge on any atom is 0.127 e. The summed E-state index contributed by atoms with van der Waals surface area (Å²) in [5.41, 5.74) is 3.08. The third kappa shape index (κ3) is 4.19. The third-order valence-electron chi connectivity index (χ3n) is 3.97. The van der Waals surface area contributed by atoms with E-state index < -0.39 is 0 Å². The van der Waals surface area contributed by atoms with Crippen molar-refractivity contribution in [2.45, 2.75) is 13.1 Å². The Morgan fingerprint density at radius 1 is 1.04 bits per heavy atom. The molecule has 1 aromatic carbocycles. The summed E-state index contributed by atoms with van der Waals surface area (Å²) >= 11 is 0. The summed E-state index contributed by atoms with van der Waals surface area (Å²) in [6.07, 6.45) is 5.42. The van der Waals surface area contributed by atoms with E-state index in [2.05, 4.69) is 23.0 Å². The lowest BCUT2D eigenvalue weighted by molar-refractivity contribution is 0.287. The Morgan fingerprint density at radius 2 is 1.92 bits per heavy atom. The van der Waals surface area contributed by atoms with E-state index in [1.165, 1.54) is 0 Å². The molecule has 0 aliphatic rings. The molecule has 25 heavy (non-hydrogen) atoms. The van der Waals surface area contributed by atoms with Crippen LogP contribution in [0.15, 0.2) is 59.5 Å². The number of furan rings is 1. The summed E-state index contributed by atoms with van der Waals surface area (Å²) in [7, 11) is 5.38. The van der Waals surface area contributed by atoms with Crippen molar-refractivity contribution in [3.63, 3.8) is 0 Å². The topological polar surface area (TPSA) is 47.7 Å². The van der Waals surface area contributed by atoms with E-state index in [-0.39, 0.29) is 0 Å². The maximum atomic E-state index is 5.48. The predicted octanol–water partition coefficient (Wildman–Crippen LogP) is 3.99. The van der Waals surface area contributed by atoms with Gasteiger partial charge in [-0.3, -0.25) is 9.88 Å². The molecule has 0 saturated carbocycles. The van der Waals surface area contributed by atoms with Gasteiger partial charge in [-0.1, -0.05) is 0 Å². The summed E-state index contributed by atoms with van der Waals surface area (Å²) < 4.78 is 16.2. The largest absolute Gasteiger partial charge is 0.497 e. The van der Waals surface area contributed by atoms with Crippen molar-refractivity contribution < 1.29 is 13.9 Å². The van der Waals surface area contributed by atoms with E-state index in [1.54, 1.807) is 20.5 Å². The molecule has 0 aliphatic heterocycles. The summed E-state index contributed by atoms with van der Waals surface area (Å²) in [6, 6.07) is 11.8. The molecular formula is C20H22N2O3. The predicted molar refractivity (Wildman–Crippen MR) is 96.7 cm³/mol. The first-order chi connectivity index (χ1) is 12.2. The molecule has 0 N–H and O–H groups in total. The zero-order valence-electron chi connectivity index (χ0n) is 14.7. The van der Waals surface area contributed by atoms with Gasteiger partial charge in [-0.25, -0.2) is 0 Å². The molecule has 0 aliphatic carbocycles. The summed E-state index contributed by atoms with van der Waals surface area (Å²) in [4.78, 5) is 6.58. The molecular weight excluding hydrogens is 316 g/mol. The molecule has 0 unspecified atom stereocenters. The minimum Gasteiger partial charge on any atom is -0.497 e. The first kappa shape index (κ1) is 17.0. The molecule has 0 fully saturated rings. The van der Waals surface area contributed by atoms with Gasteiger partial charge < -0.3 is 13.9 Å². The van der Waals surface area contributed by atoms with E-state index in [1.807, 2.05) is 42.7 Å². The fourth-order valence-corrected chi connectivity index (χ4v) is 2.80. The van der Waals surface area contributed by atoms with Gasteiger partial charge >= 0.3 is 0 Å². The van der Waals surface area contributed by atoms with Crippen molar-refractivity contribution in [3.05, 3.63) is 66.4 Å². The van der Waals surface area contributed by atoms with E-state index in [0.29, 0.717) is 0 Å². The highest BCUT2D eigenvalue weighted by Crippen LogP contribution is 2.33. The van der Waals surface area contributed by atoms with E-state index in [4.69, 9.17) is 13.9 Å². The number of benzene rings is 1. The standard InChI is InChI=1S/C20H22N2O3/c1-22(14-18-5-4-8-25-18)13-15-9-16(12-21-11-15)19-10-17(23-2)6-7-20(19)24-3/h4-12H,13-14H2,1-3H3. The minimum atomic E-state index is 0.750. The van der Waals surface area contributed by atoms with Gasteiger partial charge in [0.2, 0.25) is 0 Å². The average Bonchev–Trinajstić information content (AvgIpc) is 3.14. The zero-order chi connectivity index (χ0) is 17.6. The van der Waals surface area contributed by atoms with Gasteiger partial charge in [0.1, 0.15) is 17.3 Å². The monoisotopic (exact) mass is 338 g/mol. The molecule has 5 heteroatoms. The molecule has 3 rings (SSSR count). The number of hydrogen-bond donors (Lipinski definition) is 0. The van der Waals surface area contributed by atoms with Crippen LogP contribution in [-0.2, 0) is 13.1 Å². The number of aromatic nitrogens is 1. The van der Waals surface area contributed by atoms with Gasteiger partial charge in [0, 0.05) is 30.1 Å². The lowest BCUT2D eigenvalue weighted by atomic mass is 10.0. The van der Waals surface area contributed by atoms with Gasteiger partial charge in [0.05, 0.1) is 27.0 Å². The van der Waals surface area contributed by atoms with Crippen molar-refractivity contribution in [1.82, 2.24) is 9.88 Å². The van der Waals surface area contributed by atoms with Crippen LogP contribution in [0.5, 0.6) is 11.5 Å². The number of hydrogen-bond acceptors (Lipinski definition) is 5. The quantitative estimate of drug-likeness (QED) is 0.652. The second-order valence-electron chi connectivity index (χ2n) is 5.90. The highest BCUT2D eigenvalue weighted by Gasteiger charge is 2.10. The van der Waals surface area contributed by atoms with Crippen molar-refractivity contribution in [2.24, 2.45) is 0 Å². The Balaban J connectivity index is 1.81. The number of rotatable bonds is 7. The molecule has 3 aromatic rings. The van der Waals surface area contributed by atoms with Crippen LogP contribution >= 0.6 is 0 Å². The lowest BCUT2D eigenvalue weighted by Crippen LogP contribution is -2.17. The number of nitrogens with zero attached hydrogens (tertiary/aromatic N) is 2. The Hall–Kier alpha value is -2.79. The van der Waals surface area contributed by atoms with Gasteiger partial charge in [0.25, 0.3) is 0 Å². The molecule has 0 amide bonds. The first-order valence-electron chi connectivity index (χ1n) is 8.07. The van der Waals surface area contributed by atoms with Crippen molar-refractivity contribution >= 4 is 0 Å². The van der Waals surface area contributed by atoms with Crippen LogP contribution in [-0.4, -0.2) is 31.2 Å². The molecule has 0 bridgehead atoms. The molecule has 2 heterocycles. The number of methoxy groups -OCH3 is 2. The molecule has 0 saturated heterocycles. The van der Waals surface area contributed by atoms with E-state index in [0.717, 1.165) is 47.0 Å². The van der Waals surface area contributed by atoms with Crippen LogP contribution in [0.1, 0.15) is 11.3 Å². The molecule has 0 atom stereocenters. The lowest BCUT2D eigenvalue weighted by Gasteiger charge is -2.16. The average molecular weight is 338 g/mol. The van der Waals surface area contributed by atoms with Gasteiger partial charge in [0.15, 0.2) is 0 Å². The first-order valence-corrected chi connectivity index (χ1v) is 8.07. The van der Waals surface area contributed by atoms with Crippen LogP contribution in [0.4, 0.5) is 0 Å². The fraction of sp³-hybridized carbons (Fsp3) is 0.250. The number of ether oxygens (including phenoxy) is 2. The summed E-state index contributed by atoms with van der Waals surface area (Å²) in [5.74, 6) is 2.53. The van der Waals surface area contributed by atoms with Crippen LogP contribution in [0.3, 0.4) is 0 Å². The van der Waals surface area contributed by atoms with Gasteiger partial charge in [-0.15, -0.1) is 0 Å². The second kappa shape index (κ2) is 7.85. The van der Waals surface area contributed by atoms with Crippen molar-refractivity contribution in [2.75, 3.05) is 21.3 Å². The highest BCUT2D eigenvalue weighted by molar-refractivity contribution is 5.71. The van der Waals surface area contributed by atoms with Gasteiger partial charge in [-0.2, -0.15) is 0 Å². The Kier molecular flexibility index (Phi) is 5.36. The van der Waals surface area contributed by atoms with Crippen molar-refractivity contribution in [3.8, 4) is 22.6 Å². The Bertz CT molecular complexity index is 816. The van der Waals surface area contributed by atoms with Crippen LogP contribution < -0.4 is 9.47 Å². The minimum absolute atomic E-state index is 0.750. The van der Waals surface area contributed by atoms with Crippen LogP contribution in [0, 0.1) is 0 Å². The fourth-order valence-electron chi connectivity index (χ4n) is 2.80. The molecule has 0 spiro atoms. The Labute approximate surface area is 147 Å². The maximum absolute atomic E-state index is 5.48. The second-order valence-corrected chi connectivity index (χ2v) is 5.90. The zero-order valence-corrected chi connectivity index (χ0v) is 14.7. The highest BCUT2D eigenvalue weighted by atomic mass is 16.5. The molecule has 130 valence electrons.